The number of rotatable bonds is 3. The SMILES string of the molecule is Cc1ccc(Cn2cncc2C2CCNC2)cc1. The molecule has 0 bridgehead atoms. The van der Waals surface area contributed by atoms with Crippen molar-refractivity contribution in [1.82, 2.24) is 14.9 Å². The van der Waals surface area contributed by atoms with Crippen molar-refractivity contribution in [2.75, 3.05) is 13.1 Å². The van der Waals surface area contributed by atoms with Crippen LogP contribution in [0, 0.1) is 6.92 Å². The summed E-state index contributed by atoms with van der Waals surface area (Å²) in [7, 11) is 0. The van der Waals surface area contributed by atoms with Gasteiger partial charge in [0.05, 0.1) is 6.33 Å². The second kappa shape index (κ2) is 4.94. The Labute approximate surface area is 108 Å². The highest BCUT2D eigenvalue weighted by Gasteiger charge is 2.19. The number of aromatic nitrogens is 2. The van der Waals surface area contributed by atoms with Crippen molar-refractivity contribution in [3.63, 3.8) is 0 Å². The maximum atomic E-state index is 4.32. The standard InChI is InChI=1S/C15H19N3/c1-12-2-4-13(5-3-12)10-18-11-17-9-15(18)14-6-7-16-8-14/h2-5,9,11,14,16H,6-8,10H2,1H3. The van der Waals surface area contributed by atoms with E-state index < -0.39 is 0 Å². The minimum atomic E-state index is 0.623. The first kappa shape index (κ1) is 11.5. The molecule has 1 aromatic heterocycles. The first-order valence-electron chi connectivity index (χ1n) is 6.59. The van der Waals surface area contributed by atoms with Gasteiger partial charge < -0.3 is 9.88 Å². The molecule has 3 nitrogen and oxygen atoms in total. The first-order chi connectivity index (χ1) is 8.83. The normalized spacial score (nSPS) is 19.3. The van der Waals surface area contributed by atoms with Crippen LogP contribution in [0.15, 0.2) is 36.8 Å². The molecule has 94 valence electrons. The highest BCUT2D eigenvalue weighted by atomic mass is 15.1. The van der Waals surface area contributed by atoms with Gasteiger partial charge >= 0.3 is 0 Å². The van der Waals surface area contributed by atoms with Gasteiger partial charge in [-0.1, -0.05) is 29.8 Å². The summed E-state index contributed by atoms with van der Waals surface area (Å²) in [6.07, 6.45) is 5.19. The summed E-state index contributed by atoms with van der Waals surface area (Å²) in [5.74, 6) is 0.623. The maximum absolute atomic E-state index is 4.32. The highest BCUT2D eigenvalue weighted by molar-refractivity contribution is 5.22. The average Bonchev–Trinajstić information content (AvgIpc) is 3.02. The minimum Gasteiger partial charge on any atom is -0.330 e. The zero-order valence-corrected chi connectivity index (χ0v) is 10.8. The largest absolute Gasteiger partial charge is 0.330 e. The molecular formula is C15H19N3. The molecule has 2 heterocycles. The van der Waals surface area contributed by atoms with Crippen molar-refractivity contribution in [3.05, 3.63) is 53.6 Å². The average molecular weight is 241 g/mol. The fourth-order valence-electron chi connectivity index (χ4n) is 2.60. The van der Waals surface area contributed by atoms with Crippen molar-refractivity contribution in [2.45, 2.75) is 25.8 Å². The fraction of sp³-hybridized carbons (Fsp3) is 0.400. The molecular weight excluding hydrogens is 222 g/mol. The number of nitrogens with zero attached hydrogens (tertiary/aromatic N) is 2. The van der Waals surface area contributed by atoms with Crippen molar-refractivity contribution in [2.24, 2.45) is 0 Å². The fourth-order valence-corrected chi connectivity index (χ4v) is 2.60. The number of hydrogen-bond acceptors (Lipinski definition) is 2. The van der Waals surface area contributed by atoms with Crippen molar-refractivity contribution >= 4 is 0 Å². The van der Waals surface area contributed by atoms with Crippen LogP contribution >= 0.6 is 0 Å². The number of aryl methyl sites for hydroxylation is 1. The van der Waals surface area contributed by atoms with E-state index in [1.807, 2.05) is 12.5 Å². The lowest BCUT2D eigenvalue weighted by Crippen LogP contribution is -2.12. The predicted molar refractivity (Wildman–Crippen MR) is 72.7 cm³/mol. The smallest absolute Gasteiger partial charge is 0.0951 e. The number of imidazole rings is 1. The van der Waals surface area contributed by atoms with E-state index in [9.17, 15) is 0 Å². The van der Waals surface area contributed by atoms with E-state index >= 15 is 0 Å². The molecule has 0 amide bonds. The van der Waals surface area contributed by atoms with Crippen molar-refractivity contribution in [3.8, 4) is 0 Å². The van der Waals surface area contributed by atoms with Gasteiger partial charge in [-0.15, -0.1) is 0 Å². The third kappa shape index (κ3) is 2.31. The molecule has 0 aliphatic carbocycles. The molecule has 18 heavy (non-hydrogen) atoms. The van der Waals surface area contributed by atoms with Gasteiger partial charge in [0.15, 0.2) is 0 Å². The van der Waals surface area contributed by atoms with Crippen molar-refractivity contribution < 1.29 is 0 Å². The van der Waals surface area contributed by atoms with Crippen LogP contribution in [0.4, 0.5) is 0 Å². The predicted octanol–water partition coefficient (Wildman–Crippen LogP) is 2.32. The maximum Gasteiger partial charge on any atom is 0.0951 e. The van der Waals surface area contributed by atoms with Crippen LogP contribution in [0.2, 0.25) is 0 Å². The topological polar surface area (TPSA) is 29.9 Å². The van der Waals surface area contributed by atoms with Crippen LogP contribution in [0.1, 0.15) is 29.2 Å². The molecule has 1 aliphatic heterocycles. The van der Waals surface area contributed by atoms with E-state index in [4.69, 9.17) is 0 Å². The summed E-state index contributed by atoms with van der Waals surface area (Å²) in [5.41, 5.74) is 4.01. The Balaban J connectivity index is 1.80. The molecule has 0 spiro atoms. The van der Waals surface area contributed by atoms with Crippen LogP contribution < -0.4 is 5.32 Å². The summed E-state index contributed by atoms with van der Waals surface area (Å²) >= 11 is 0. The van der Waals surface area contributed by atoms with Crippen LogP contribution in [0.3, 0.4) is 0 Å². The molecule has 1 atom stereocenters. The van der Waals surface area contributed by atoms with E-state index in [2.05, 4.69) is 46.1 Å². The summed E-state index contributed by atoms with van der Waals surface area (Å²) < 4.78 is 2.28. The molecule has 1 fully saturated rings. The Morgan fingerprint density at radius 3 is 2.89 bits per heavy atom. The number of benzene rings is 1. The Hall–Kier alpha value is -1.61. The summed E-state index contributed by atoms with van der Waals surface area (Å²) in [5, 5.41) is 3.42. The lowest BCUT2D eigenvalue weighted by molar-refractivity contribution is 0.654. The second-order valence-corrected chi connectivity index (χ2v) is 5.12. The first-order valence-corrected chi connectivity index (χ1v) is 6.59. The van der Waals surface area contributed by atoms with Gasteiger partial charge in [-0.2, -0.15) is 0 Å². The molecule has 3 rings (SSSR count). The molecule has 1 unspecified atom stereocenters. The molecule has 1 N–H and O–H groups in total. The lowest BCUT2D eigenvalue weighted by Gasteiger charge is -2.13. The summed E-state index contributed by atoms with van der Waals surface area (Å²) in [6, 6.07) is 8.74. The van der Waals surface area contributed by atoms with Crippen LogP contribution in [-0.2, 0) is 6.54 Å². The van der Waals surface area contributed by atoms with Crippen LogP contribution in [-0.4, -0.2) is 22.6 Å². The lowest BCUT2D eigenvalue weighted by atomic mass is 10.1. The van der Waals surface area contributed by atoms with Crippen LogP contribution in [0.5, 0.6) is 0 Å². The molecule has 0 saturated carbocycles. The minimum absolute atomic E-state index is 0.623. The Bertz CT molecular complexity index is 507. The van der Waals surface area contributed by atoms with Gasteiger partial charge in [-0.3, -0.25) is 0 Å². The summed E-state index contributed by atoms with van der Waals surface area (Å²) in [4.78, 5) is 4.32. The van der Waals surface area contributed by atoms with Gasteiger partial charge in [0.2, 0.25) is 0 Å². The van der Waals surface area contributed by atoms with Gasteiger partial charge in [-0.25, -0.2) is 4.98 Å². The molecule has 0 radical (unpaired) electrons. The Morgan fingerprint density at radius 2 is 2.17 bits per heavy atom. The zero-order chi connectivity index (χ0) is 12.4. The Morgan fingerprint density at radius 1 is 1.33 bits per heavy atom. The quantitative estimate of drug-likeness (QED) is 0.893. The Kier molecular flexibility index (Phi) is 3.15. The molecule has 1 aliphatic rings. The second-order valence-electron chi connectivity index (χ2n) is 5.12. The third-order valence-corrected chi connectivity index (χ3v) is 3.70. The number of nitrogens with one attached hydrogen (secondary N) is 1. The number of hydrogen-bond donors (Lipinski definition) is 1. The molecule has 2 aromatic rings. The van der Waals surface area contributed by atoms with Crippen molar-refractivity contribution in [1.29, 1.82) is 0 Å². The van der Waals surface area contributed by atoms with E-state index in [0.29, 0.717) is 5.92 Å². The van der Waals surface area contributed by atoms with Gasteiger partial charge in [0, 0.05) is 30.9 Å². The van der Waals surface area contributed by atoms with Gasteiger partial charge in [0.25, 0.3) is 0 Å². The zero-order valence-electron chi connectivity index (χ0n) is 10.8. The third-order valence-electron chi connectivity index (χ3n) is 3.70. The molecule has 1 saturated heterocycles. The van der Waals surface area contributed by atoms with Gasteiger partial charge in [0.1, 0.15) is 0 Å². The van der Waals surface area contributed by atoms with E-state index in [1.54, 1.807) is 0 Å². The van der Waals surface area contributed by atoms with E-state index in [1.165, 1.54) is 23.2 Å². The van der Waals surface area contributed by atoms with E-state index in [0.717, 1.165) is 19.6 Å². The van der Waals surface area contributed by atoms with Crippen LogP contribution in [0.25, 0.3) is 0 Å². The summed E-state index contributed by atoms with van der Waals surface area (Å²) in [6.45, 7) is 5.25. The molecule has 1 aromatic carbocycles. The van der Waals surface area contributed by atoms with Gasteiger partial charge in [-0.05, 0) is 25.5 Å². The highest BCUT2D eigenvalue weighted by Crippen LogP contribution is 2.22. The monoisotopic (exact) mass is 241 g/mol. The molecule has 3 heteroatoms. The van der Waals surface area contributed by atoms with E-state index in [-0.39, 0.29) is 0 Å².